The fraction of sp³-hybridized carbons (Fsp3) is 0.867. The standard InChI is InChI=1S/C15H22O7S/c1-5-14(2,3)12(16)21-10-8-6-9-11(10)22-23(18,19)15(9,7-8)13(17)20-4/h8-11H,5-7H2,1-4H3. The Morgan fingerprint density at radius 3 is 2.57 bits per heavy atom. The summed E-state index contributed by atoms with van der Waals surface area (Å²) in [5.74, 6) is -1.84. The van der Waals surface area contributed by atoms with Crippen LogP contribution < -0.4 is 0 Å². The van der Waals surface area contributed by atoms with Gasteiger partial charge in [-0.3, -0.25) is 13.8 Å². The molecule has 0 N–H and O–H groups in total. The van der Waals surface area contributed by atoms with Crippen LogP contribution in [0.4, 0.5) is 0 Å². The molecule has 8 heteroatoms. The second-order valence-corrected chi connectivity index (χ2v) is 9.14. The van der Waals surface area contributed by atoms with Crippen LogP contribution in [0.3, 0.4) is 0 Å². The van der Waals surface area contributed by atoms with Crippen molar-refractivity contribution in [3.8, 4) is 0 Å². The van der Waals surface area contributed by atoms with Crippen molar-refractivity contribution in [2.75, 3.05) is 7.11 Å². The zero-order valence-corrected chi connectivity index (χ0v) is 14.5. The lowest BCUT2D eigenvalue weighted by molar-refractivity contribution is -0.167. The van der Waals surface area contributed by atoms with E-state index in [4.69, 9.17) is 13.7 Å². The third-order valence-corrected chi connectivity index (χ3v) is 7.80. The molecule has 1 heterocycles. The van der Waals surface area contributed by atoms with Gasteiger partial charge in [-0.05, 0) is 33.1 Å². The van der Waals surface area contributed by atoms with Gasteiger partial charge in [0.15, 0.2) is 4.75 Å². The molecule has 7 nitrogen and oxygen atoms in total. The second-order valence-electron chi connectivity index (χ2n) is 7.31. The molecule has 2 saturated carbocycles. The average Bonchev–Trinajstić information content (AvgIpc) is 3.07. The Hall–Kier alpha value is -1.15. The van der Waals surface area contributed by atoms with Gasteiger partial charge in [0.2, 0.25) is 0 Å². The zero-order chi connectivity index (χ0) is 17.2. The van der Waals surface area contributed by atoms with Gasteiger partial charge in [0, 0.05) is 11.8 Å². The van der Waals surface area contributed by atoms with Gasteiger partial charge in [0.25, 0.3) is 10.1 Å². The van der Waals surface area contributed by atoms with Gasteiger partial charge in [-0.25, -0.2) is 0 Å². The summed E-state index contributed by atoms with van der Waals surface area (Å²) in [5, 5.41) is 0. The van der Waals surface area contributed by atoms with Crippen LogP contribution in [-0.4, -0.2) is 44.4 Å². The van der Waals surface area contributed by atoms with E-state index in [9.17, 15) is 18.0 Å². The van der Waals surface area contributed by atoms with Gasteiger partial charge in [-0.1, -0.05) is 6.92 Å². The zero-order valence-electron chi connectivity index (χ0n) is 13.7. The van der Waals surface area contributed by atoms with Crippen LogP contribution in [0.15, 0.2) is 0 Å². The van der Waals surface area contributed by atoms with Crippen molar-refractivity contribution in [2.45, 2.75) is 57.0 Å². The first-order chi connectivity index (χ1) is 10.6. The highest BCUT2D eigenvalue weighted by Gasteiger charge is 2.77. The van der Waals surface area contributed by atoms with Crippen LogP contribution in [0.1, 0.15) is 40.0 Å². The number of hydrogen-bond donors (Lipinski definition) is 0. The van der Waals surface area contributed by atoms with Crippen molar-refractivity contribution in [1.82, 2.24) is 0 Å². The highest BCUT2D eigenvalue weighted by molar-refractivity contribution is 7.89. The average molecular weight is 346 g/mol. The Labute approximate surface area is 135 Å². The monoisotopic (exact) mass is 346 g/mol. The normalized spacial score (nSPS) is 40.2. The van der Waals surface area contributed by atoms with E-state index in [1.165, 1.54) is 7.11 Å². The fourth-order valence-corrected chi connectivity index (χ4v) is 6.04. The molecule has 0 aromatic carbocycles. The molecular weight excluding hydrogens is 324 g/mol. The summed E-state index contributed by atoms with van der Waals surface area (Å²) in [7, 11) is -2.91. The van der Waals surface area contributed by atoms with Crippen LogP contribution in [-0.2, 0) is 33.4 Å². The van der Waals surface area contributed by atoms with E-state index in [-0.39, 0.29) is 18.3 Å². The van der Waals surface area contributed by atoms with Crippen LogP contribution in [0.25, 0.3) is 0 Å². The van der Waals surface area contributed by atoms with E-state index in [0.717, 1.165) is 0 Å². The third kappa shape index (κ3) is 2.00. The lowest BCUT2D eigenvalue weighted by atomic mass is 9.84. The molecule has 2 bridgehead atoms. The number of ether oxygens (including phenoxy) is 2. The second kappa shape index (κ2) is 4.92. The maximum atomic E-state index is 12.4. The van der Waals surface area contributed by atoms with Crippen molar-refractivity contribution >= 4 is 22.1 Å². The molecule has 23 heavy (non-hydrogen) atoms. The molecule has 5 unspecified atom stereocenters. The highest BCUT2D eigenvalue weighted by atomic mass is 32.2. The summed E-state index contributed by atoms with van der Waals surface area (Å²) in [5.41, 5.74) is -0.640. The quantitative estimate of drug-likeness (QED) is 0.554. The first-order valence-corrected chi connectivity index (χ1v) is 9.24. The number of carbonyl (C=O) groups is 2. The molecule has 3 rings (SSSR count). The van der Waals surface area contributed by atoms with Gasteiger partial charge in [-0.2, -0.15) is 8.42 Å². The largest absolute Gasteiger partial charge is 0.468 e. The van der Waals surface area contributed by atoms with Crippen molar-refractivity contribution < 1.29 is 31.7 Å². The minimum atomic E-state index is -4.08. The van der Waals surface area contributed by atoms with E-state index in [1.807, 2.05) is 6.92 Å². The summed E-state index contributed by atoms with van der Waals surface area (Å²) in [6, 6.07) is 0. The fourth-order valence-electron chi connectivity index (χ4n) is 4.03. The molecule has 0 aromatic rings. The first-order valence-electron chi connectivity index (χ1n) is 7.83. The molecule has 1 saturated heterocycles. The van der Waals surface area contributed by atoms with E-state index in [1.54, 1.807) is 13.8 Å². The first kappa shape index (κ1) is 16.7. The molecule has 1 aliphatic heterocycles. The summed E-state index contributed by atoms with van der Waals surface area (Å²) in [6.07, 6.45) is -0.206. The minimum Gasteiger partial charge on any atom is -0.468 e. The highest BCUT2D eigenvalue weighted by Crippen LogP contribution is 2.62. The van der Waals surface area contributed by atoms with Gasteiger partial charge in [-0.15, -0.1) is 0 Å². The number of carbonyl (C=O) groups excluding carboxylic acids is 2. The van der Waals surface area contributed by atoms with Crippen LogP contribution in [0.5, 0.6) is 0 Å². The lowest BCUT2D eigenvalue weighted by Crippen LogP contribution is -2.51. The van der Waals surface area contributed by atoms with E-state index in [2.05, 4.69) is 0 Å². The molecule has 0 spiro atoms. The molecule has 3 aliphatic rings. The van der Waals surface area contributed by atoms with Gasteiger partial charge in [0.1, 0.15) is 12.2 Å². The van der Waals surface area contributed by atoms with Crippen LogP contribution >= 0.6 is 0 Å². The maximum Gasteiger partial charge on any atom is 0.330 e. The minimum absolute atomic E-state index is 0.0909. The Morgan fingerprint density at radius 1 is 1.35 bits per heavy atom. The number of methoxy groups -OCH3 is 1. The lowest BCUT2D eigenvalue weighted by Gasteiger charge is -2.32. The van der Waals surface area contributed by atoms with E-state index < -0.39 is 44.4 Å². The number of esters is 2. The molecule has 2 aliphatic carbocycles. The summed E-state index contributed by atoms with van der Waals surface area (Å²) in [6.45, 7) is 5.46. The molecule has 3 fully saturated rings. The van der Waals surface area contributed by atoms with Crippen molar-refractivity contribution in [3.63, 3.8) is 0 Å². The predicted molar refractivity (Wildman–Crippen MR) is 78.7 cm³/mol. The Morgan fingerprint density at radius 2 is 2.00 bits per heavy atom. The van der Waals surface area contributed by atoms with Gasteiger partial charge < -0.3 is 9.47 Å². The number of rotatable bonds is 4. The maximum absolute atomic E-state index is 12.4. The van der Waals surface area contributed by atoms with Crippen molar-refractivity contribution in [1.29, 1.82) is 0 Å². The topological polar surface area (TPSA) is 96.0 Å². The molecule has 130 valence electrons. The summed E-state index contributed by atoms with van der Waals surface area (Å²) in [4.78, 5) is 24.5. The Balaban J connectivity index is 1.88. The molecule has 0 aromatic heterocycles. The smallest absolute Gasteiger partial charge is 0.330 e. The van der Waals surface area contributed by atoms with Gasteiger partial charge >= 0.3 is 11.9 Å². The third-order valence-electron chi connectivity index (χ3n) is 5.80. The summed E-state index contributed by atoms with van der Waals surface area (Å²) >= 11 is 0. The number of hydrogen-bond acceptors (Lipinski definition) is 7. The van der Waals surface area contributed by atoms with E-state index >= 15 is 0 Å². The number of fused-ring (bicyclic) bond motifs is 1. The molecule has 5 atom stereocenters. The molecule has 0 radical (unpaired) electrons. The van der Waals surface area contributed by atoms with Crippen LogP contribution in [0, 0.1) is 17.3 Å². The molecular formula is C15H22O7S. The summed E-state index contributed by atoms with van der Waals surface area (Å²) < 4.78 is 38.8. The Bertz CT molecular complexity index is 653. The Kier molecular flexibility index (Phi) is 3.57. The van der Waals surface area contributed by atoms with Crippen molar-refractivity contribution in [3.05, 3.63) is 0 Å². The van der Waals surface area contributed by atoms with Crippen molar-refractivity contribution in [2.24, 2.45) is 17.3 Å². The SMILES string of the molecule is CCC(C)(C)C(=O)OC1C2CC3C1OS(=O)(=O)C3(C(=O)OC)C2. The van der Waals surface area contributed by atoms with Gasteiger partial charge in [0.05, 0.1) is 12.5 Å². The predicted octanol–water partition coefficient (Wildman–Crippen LogP) is 1.01. The van der Waals surface area contributed by atoms with Crippen LogP contribution in [0.2, 0.25) is 0 Å². The molecule has 0 amide bonds. The van der Waals surface area contributed by atoms with E-state index in [0.29, 0.717) is 12.8 Å².